The highest BCUT2D eigenvalue weighted by molar-refractivity contribution is 6.04. The molecule has 0 radical (unpaired) electrons. The molecule has 31 heavy (non-hydrogen) atoms. The van der Waals surface area contributed by atoms with Crippen molar-refractivity contribution in [2.45, 2.75) is 52.1 Å². The van der Waals surface area contributed by atoms with Crippen LogP contribution in [-0.4, -0.2) is 26.2 Å². The number of Topliss-reactive ketones (excluding diaryl/α,β-unsaturated/α-hetero) is 1. The van der Waals surface area contributed by atoms with Gasteiger partial charge in [0.25, 0.3) is 0 Å². The molecule has 164 valence electrons. The molecule has 1 atom stereocenters. The lowest BCUT2D eigenvalue weighted by atomic mass is 9.87. The average Bonchev–Trinajstić information content (AvgIpc) is 2.66. The van der Waals surface area contributed by atoms with Crippen LogP contribution in [-0.2, 0) is 12.8 Å². The number of carbonyl (C=O) groups excluding carboxylic acids is 1. The van der Waals surface area contributed by atoms with Crippen molar-refractivity contribution in [1.29, 1.82) is 0 Å². The zero-order valence-electron chi connectivity index (χ0n) is 17.9. The minimum absolute atomic E-state index is 0.0254. The molecule has 0 fully saturated rings. The lowest BCUT2D eigenvalue weighted by Gasteiger charge is -2.30. The van der Waals surface area contributed by atoms with E-state index in [9.17, 15) is 25.2 Å². The molecule has 3 rings (SSSR count). The summed E-state index contributed by atoms with van der Waals surface area (Å²) in [5.41, 5.74) is 2.59. The molecular formula is C25H28O6. The van der Waals surface area contributed by atoms with Crippen LogP contribution in [0.3, 0.4) is 0 Å². The Morgan fingerprint density at radius 2 is 1.52 bits per heavy atom. The Morgan fingerprint density at radius 1 is 0.968 bits per heavy atom. The number of hydrogen-bond donors (Lipinski definition) is 4. The van der Waals surface area contributed by atoms with Gasteiger partial charge in [0.05, 0.1) is 12.0 Å². The molecule has 0 aliphatic carbocycles. The SMILES string of the molecule is C=C(C)CCc1c(O)c(CCC(=C)C)c2c(c1O)C(=O)C[C@@H](c1c(O)cccc1O)O2. The molecule has 6 nitrogen and oxygen atoms in total. The Morgan fingerprint density at radius 3 is 2.06 bits per heavy atom. The van der Waals surface area contributed by atoms with E-state index in [1.54, 1.807) is 0 Å². The first-order valence-electron chi connectivity index (χ1n) is 10.2. The summed E-state index contributed by atoms with van der Waals surface area (Å²) < 4.78 is 6.05. The topological polar surface area (TPSA) is 107 Å². The summed E-state index contributed by atoms with van der Waals surface area (Å²) in [6.07, 6.45) is 0.660. The molecule has 4 N–H and O–H groups in total. The number of ether oxygens (including phenoxy) is 1. The fraction of sp³-hybridized carbons (Fsp3) is 0.320. The second-order valence-corrected chi connectivity index (χ2v) is 8.22. The highest BCUT2D eigenvalue weighted by Gasteiger charge is 2.37. The maximum atomic E-state index is 13.1. The van der Waals surface area contributed by atoms with Gasteiger partial charge in [-0.2, -0.15) is 0 Å². The van der Waals surface area contributed by atoms with Crippen molar-refractivity contribution in [2.24, 2.45) is 0 Å². The van der Waals surface area contributed by atoms with Crippen LogP contribution in [0.2, 0.25) is 0 Å². The highest BCUT2D eigenvalue weighted by atomic mass is 16.5. The van der Waals surface area contributed by atoms with Crippen LogP contribution >= 0.6 is 0 Å². The first kappa shape index (κ1) is 22.3. The number of rotatable bonds is 7. The van der Waals surface area contributed by atoms with Crippen molar-refractivity contribution < 1.29 is 30.0 Å². The van der Waals surface area contributed by atoms with E-state index in [0.717, 1.165) is 11.1 Å². The van der Waals surface area contributed by atoms with Crippen LogP contribution in [0.4, 0.5) is 0 Å². The molecule has 0 bridgehead atoms. The van der Waals surface area contributed by atoms with E-state index in [1.165, 1.54) is 18.2 Å². The molecule has 0 saturated carbocycles. The van der Waals surface area contributed by atoms with Gasteiger partial charge in [0.1, 0.15) is 40.4 Å². The Bertz CT molecular complexity index is 1050. The number of aromatic hydroxyl groups is 4. The molecule has 6 heteroatoms. The van der Waals surface area contributed by atoms with E-state index in [0.29, 0.717) is 36.8 Å². The lowest BCUT2D eigenvalue weighted by Crippen LogP contribution is -2.22. The second kappa shape index (κ2) is 8.76. The monoisotopic (exact) mass is 424 g/mol. The number of carbonyl (C=O) groups is 1. The quantitative estimate of drug-likeness (QED) is 0.453. The molecule has 0 unspecified atom stereocenters. The summed E-state index contributed by atoms with van der Waals surface area (Å²) in [6.45, 7) is 11.5. The van der Waals surface area contributed by atoms with Gasteiger partial charge in [-0.3, -0.25) is 4.79 Å². The van der Waals surface area contributed by atoms with Crippen LogP contribution < -0.4 is 4.74 Å². The van der Waals surface area contributed by atoms with Crippen molar-refractivity contribution in [3.63, 3.8) is 0 Å². The van der Waals surface area contributed by atoms with Crippen molar-refractivity contribution in [3.8, 4) is 28.7 Å². The molecular weight excluding hydrogens is 396 g/mol. The van der Waals surface area contributed by atoms with Crippen molar-refractivity contribution >= 4 is 5.78 Å². The molecule has 0 spiro atoms. The van der Waals surface area contributed by atoms with E-state index in [2.05, 4.69) is 13.2 Å². The summed E-state index contributed by atoms with van der Waals surface area (Å²) in [5, 5.41) is 42.3. The smallest absolute Gasteiger partial charge is 0.174 e. The number of ketones is 1. The fourth-order valence-corrected chi connectivity index (χ4v) is 3.83. The zero-order valence-corrected chi connectivity index (χ0v) is 17.9. The average molecular weight is 424 g/mol. The first-order valence-corrected chi connectivity index (χ1v) is 10.2. The van der Waals surface area contributed by atoms with E-state index in [-0.39, 0.29) is 52.1 Å². The number of phenols is 4. The zero-order chi connectivity index (χ0) is 22.9. The predicted octanol–water partition coefficient (Wildman–Crippen LogP) is 5.23. The Hall–Kier alpha value is -3.41. The molecule has 0 saturated heterocycles. The van der Waals surface area contributed by atoms with Gasteiger partial charge < -0.3 is 25.2 Å². The van der Waals surface area contributed by atoms with Gasteiger partial charge in [0.15, 0.2) is 5.78 Å². The Labute approximate surface area is 181 Å². The third-order valence-corrected chi connectivity index (χ3v) is 5.49. The first-order chi connectivity index (χ1) is 14.6. The van der Waals surface area contributed by atoms with Crippen LogP contribution in [0.15, 0.2) is 42.5 Å². The Balaban J connectivity index is 2.16. The molecule has 2 aromatic rings. The minimum Gasteiger partial charge on any atom is -0.507 e. The van der Waals surface area contributed by atoms with Crippen LogP contribution in [0.5, 0.6) is 28.7 Å². The van der Waals surface area contributed by atoms with Crippen molar-refractivity contribution in [1.82, 2.24) is 0 Å². The van der Waals surface area contributed by atoms with E-state index >= 15 is 0 Å². The van der Waals surface area contributed by atoms with Gasteiger partial charge in [-0.15, -0.1) is 13.2 Å². The molecule has 1 aliphatic rings. The minimum atomic E-state index is -0.954. The molecule has 1 aliphatic heterocycles. The van der Waals surface area contributed by atoms with Crippen LogP contribution in [0, 0.1) is 0 Å². The Kier molecular flexibility index (Phi) is 6.29. The maximum Gasteiger partial charge on any atom is 0.174 e. The standard InChI is InChI=1S/C25H28O6/c1-13(2)8-10-15-23(29)16(11-9-14(3)4)25-22(24(15)30)19(28)12-20(31-25)21-17(26)6-5-7-18(21)27/h5-7,20,26-27,29-30H,1,3,8-12H2,2,4H3/t20-/m0/s1. The summed E-state index contributed by atoms with van der Waals surface area (Å²) in [7, 11) is 0. The summed E-state index contributed by atoms with van der Waals surface area (Å²) in [6, 6.07) is 4.28. The van der Waals surface area contributed by atoms with Gasteiger partial charge >= 0.3 is 0 Å². The van der Waals surface area contributed by atoms with Crippen LogP contribution in [0.25, 0.3) is 0 Å². The predicted molar refractivity (Wildman–Crippen MR) is 118 cm³/mol. The van der Waals surface area contributed by atoms with Gasteiger partial charge in [-0.05, 0) is 51.7 Å². The number of benzene rings is 2. The normalized spacial score (nSPS) is 15.3. The molecule has 2 aromatic carbocycles. The molecule has 0 aromatic heterocycles. The van der Waals surface area contributed by atoms with Crippen molar-refractivity contribution in [2.75, 3.05) is 0 Å². The summed E-state index contributed by atoms with van der Waals surface area (Å²) in [4.78, 5) is 13.1. The van der Waals surface area contributed by atoms with Gasteiger partial charge in [-0.1, -0.05) is 17.2 Å². The van der Waals surface area contributed by atoms with Gasteiger partial charge in [0.2, 0.25) is 0 Å². The fourth-order valence-electron chi connectivity index (χ4n) is 3.83. The number of hydrogen-bond acceptors (Lipinski definition) is 6. The largest absolute Gasteiger partial charge is 0.507 e. The van der Waals surface area contributed by atoms with E-state index in [1.807, 2.05) is 13.8 Å². The lowest BCUT2D eigenvalue weighted by molar-refractivity contribution is 0.0836. The summed E-state index contributed by atoms with van der Waals surface area (Å²) >= 11 is 0. The molecule has 1 heterocycles. The maximum absolute atomic E-state index is 13.1. The summed E-state index contributed by atoms with van der Waals surface area (Å²) in [5.74, 6) is -1.11. The third-order valence-electron chi connectivity index (χ3n) is 5.49. The van der Waals surface area contributed by atoms with Crippen LogP contribution in [0.1, 0.15) is 66.3 Å². The third kappa shape index (κ3) is 4.38. The highest BCUT2D eigenvalue weighted by Crippen LogP contribution is 2.50. The number of allylic oxidation sites excluding steroid dienone is 2. The number of fused-ring (bicyclic) bond motifs is 1. The second-order valence-electron chi connectivity index (χ2n) is 8.22. The molecule has 0 amide bonds. The van der Waals surface area contributed by atoms with Crippen molar-refractivity contribution in [3.05, 3.63) is 64.8 Å². The van der Waals surface area contributed by atoms with Gasteiger partial charge in [-0.25, -0.2) is 0 Å². The van der Waals surface area contributed by atoms with E-state index in [4.69, 9.17) is 4.74 Å². The van der Waals surface area contributed by atoms with E-state index < -0.39 is 6.10 Å². The number of phenolic OH excluding ortho intramolecular Hbond substituents is 4. The van der Waals surface area contributed by atoms with Gasteiger partial charge in [0, 0.05) is 11.1 Å².